The van der Waals surface area contributed by atoms with Gasteiger partial charge in [-0.15, -0.1) is 0 Å². The number of imidazole rings is 1. The van der Waals surface area contributed by atoms with E-state index in [9.17, 15) is 4.79 Å². The fourth-order valence-corrected chi connectivity index (χ4v) is 3.50. The van der Waals surface area contributed by atoms with Crippen LogP contribution in [-0.2, 0) is 11.2 Å². The van der Waals surface area contributed by atoms with Gasteiger partial charge in [0.15, 0.2) is 0 Å². The van der Waals surface area contributed by atoms with Crippen molar-refractivity contribution in [2.75, 3.05) is 13.1 Å². The van der Waals surface area contributed by atoms with E-state index in [1.807, 2.05) is 46.7 Å². The molecular formula is C21H23N3O2. The lowest BCUT2D eigenvalue weighted by Gasteiger charge is -2.39. The van der Waals surface area contributed by atoms with E-state index in [4.69, 9.17) is 4.74 Å². The fraction of sp³-hybridized carbons (Fsp3) is 0.333. The molecule has 0 bridgehead atoms. The van der Waals surface area contributed by atoms with Gasteiger partial charge in [-0.25, -0.2) is 4.98 Å². The van der Waals surface area contributed by atoms with Crippen molar-refractivity contribution in [1.29, 1.82) is 0 Å². The van der Waals surface area contributed by atoms with Crippen LogP contribution in [0.15, 0.2) is 42.6 Å². The molecule has 1 fully saturated rings. The summed E-state index contributed by atoms with van der Waals surface area (Å²) in [7, 11) is 0. The number of fused-ring (bicyclic) bond motifs is 1. The highest BCUT2D eigenvalue weighted by Gasteiger charge is 2.33. The highest BCUT2D eigenvalue weighted by molar-refractivity contribution is 5.80. The van der Waals surface area contributed by atoms with Crippen molar-refractivity contribution in [2.24, 2.45) is 0 Å². The number of ether oxygens (including phenoxy) is 1. The summed E-state index contributed by atoms with van der Waals surface area (Å²) < 4.78 is 8.11. The molecule has 3 aromatic rings. The predicted molar refractivity (Wildman–Crippen MR) is 101 cm³/mol. The first-order chi connectivity index (χ1) is 12.5. The monoisotopic (exact) mass is 349 g/mol. The number of para-hydroxylation sites is 1. The second-order valence-electron chi connectivity index (χ2n) is 7.01. The Kier molecular flexibility index (Phi) is 4.15. The first-order valence-corrected chi connectivity index (χ1v) is 8.96. The first kappa shape index (κ1) is 16.6. The van der Waals surface area contributed by atoms with Crippen LogP contribution in [0.4, 0.5) is 0 Å². The van der Waals surface area contributed by atoms with Gasteiger partial charge in [0, 0.05) is 6.20 Å². The number of benzene rings is 1. The summed E-state index contributed by atoms with van der Waals surface area (Å²) in [6.07, 6.45) is 2.40. The number of nitrogens with zero attached hydrogens (tertiary/aromatic N) is 3. The molecule has 1 amide bonds. The largest absolute Gasteiger partial charge is 0.486 e. The minimum atomic E-state index is 0.0713. The summed E-state index contributed by atoms with van der Waals surface area (Å²) in [5.41, 5.74) is 5.03. The van der Waals surface area contributed by atoms with E-state index in [2.05, 4.69) is 31.0 Å². The van der Waals surface area contributed by atoms with Crippen LogP contribution < -0.4 is 4.74 Å². The van der Waals surface area contributed by atoms with Gasteiger partial charge in [0.25, 0.3) is 0 Å². The van der Waals surface area contributed by atoms with E-state index in [0.29, 0.717) is 19.5 Å². The van der Waals surface area contributed by atoms with Gasteiger partial charge >= 0.3 is 0 Å². The molecule has 134 valence electrons. The van der Waals surface area contributed by atoms with Gasteiger partial charge in [-0.1, -0.05) is 24.3 Å². The van der Waals surface area contributed by atoms with Gasteiger partial charge in [0.2, 0.25) is 5.91 Å². The van der Waals surface area contributed by atoms with E-state index in [1.54, 1.807) is 0 Å². The molecule has 26 heavy (non-hydrogen) atoms. The number of hydrogen-bond donors (Lipinski definition) is 0. The lowest BCUT2D eigenvalue weighted by Crippen LogP contribution is -2.56. The summed E-state index contributed by atoms with van der Waals surface area (Å²) in [5.74, 6) is 1.07. The predicted octanol–water partition coefficient (Wildman–Crippen LogP) is 3.09. The van der Waals surface area contributed by atoms with Crippen LogP contribution in [0.5, 0.6) is 5.75 Å². The molecule has 3 heterocycles. The smallest absolute Gasteiger partial charge is 0.228 e. The van der Waals surface area contributed by atoms with E-state index in [-0.39, 0.29) is 12.0 Å². The number of aromatic nitrogens is 2. The second kappa shape index (κ2) is 6.48. The lowest BCUT2D eigenvalue weighted by atomic mass is 10.1. The Morgan fingerprint density at radius 2 is 1.85 bits per heavy atom. The highest BCUT2D eigenvalue weighted by atomic mass is 16.5. The summed E-state index contributed by atoms with van der Waals surface area (Å²) in [6.45, 7) is 7.35. The third-order valence-electron chi connectivity index (χ3n) is 5.04. The first-order valence-electron chi connectivity index (χ1n) is 8.96. The van der Waals surface area contributed by atoms with Crippen molar-refractivity contribution in [3.8, 4) is 5.75 Å². The Hall–Kier alpha value is -2.82. The summed E-state index contributed by atoms with van der Waals surface area (Å²) in [6, 6.07) is 12.0. The van der Waals surface area contributed by atoms with Crippen molar-refractivity contribution in [3.63, 3.8) is 0 Å². The van der Waals surface area contributed by atoms with Crippen molar-refractivity contribution in [3.05, 3.63) is 65.1 Å². The number of carbonyl (C=O) groups excluding carboxylic acids is 1. The lowest BCUT2D eigenvalue weighted by molar-refractivity contribution is -0.139. The minimum Gasteiger partial charge on any atom is -0.486 e. The molecule has 0 N–H and O–H groups in total. The molecule has 0 unspecified atom stereocenters. The highest BCUT2D eigenvalue weighted by Crippen LogP contribution is 2.26. The molecule has 0 atom stereocenters. The zero-order valence-electron chi connectivity index (χ0n) is 15.4. The Balaban J connectivity index is 1.40. The maximum Gasteiger partial charge on any atom is 0.228 e. The maximum absolute atomic E-state index is 12.6. The van der Waals surface area contributed by atoms with Crippen LogP contribution in [-0.4, -0.2) is 39.4 Å². The third kappa shape index (κ3) is 2.94. The maximum atomic E-state index is 12.6. The number of rotatable bonds is 4. The molecular weight excluding hydrogens is 326 g/mol. The molecule has 2 aromatic heterocycles. The van der Waals surface area contributed by atoms with E-state index >= 15 is 0 Å². The topological polar surface area (TPSA) is 46.8 Å². The molecule has 5 nitrogen and oxygen atoms in total. The normalized spacial score (nSPS) is 14.5. The van der Waals surface area contributed by atoms with Gasteiger partial charge in [-0.2, -0.15) is 0 Å². The fourth-order valence-electron chi connectivity index (χ4n) is 3.50. The molecule has 5 heteroatoms. The molecule has 1 aromatic carbocycles. The quantitative estimate of drug-likeness (QED) is 0.727. The number of hydrogen-bond acceptors (Lipinski definition) is 3. The Labute approximate surface area is 153 Å². The van der Waals surface area contributed by atoms with Crippen LogP contribution in [0.2, 0.25) is 0 Å². The summed E-state index contributed by atoms with van der Waals surface area (Å²) in [4.78, 5) is 19.0. The van der Waals surface area contributed by atoms with Gasteiger partial charge in [-0.3, -0.25) is 4.79 Å². The van der Waals surface area contributed by atoms with Gasteiger partial charge in [-0.05, 0) is 44.0 Å². The van der Waals surface area contributed by atoms with Crippen molar-refractivity contribution < 1.29 is 9.53 Å². The molecule has 0 radical (unpaired) electrons. The Morgan fingerprint density at radius 3 is 2.58 bits per heavy atom. The van der Waals surface area contributed by atoms with Gasteiger partial charge in [0.1, 0.15) is 17.5 Å². The average molecular weight is 349 g/mol. The minimum absolute atomic E-state index is 0.0713. The molecule has 4 rings (SSSR count). The molecule has 1 aliphatic heterocycles. The van der Waals surface area contributed by atoms with E-state index in [0.717, 1.165) is 33.9 Å². The average Bonchev–Trinajstić information content (AvgIpc) is 2.88. The Morgan fingerprint density at radius 1 is 1.12 bits per heavy atom. The third-order valence-corrected chi connectivity index (χ3v) is 5.04. The number of aryl methyl sites for hydroxylation is 3. The van der Waals surface area contributed by atoms with Crippen LogP contribution in [0.3, 0.4) is 0 Å². The summed E-state index contributed by atoms with van der Waals surface area (Å²) >= 11 is 0. The second-order valence-corrected chi connectivity index (χ2v) is 7.01. The van der Waals surface area contributed by atoms with Crippen LogP contribution in [0.25, 0.3) is 5.65 Å². The van der Waals surface area contributed by atoms with Gasteiger partial charge < -0.3 is 14.0 Å². The molecule has 1 aliphatic rings. The van der Waals surface area contributed by atoms with Crippen molar-refractivity contribution in [1.82, 2.24) is 14.3 Å². The van der Waals surface area contributed by atoms with Crippen molar-refractivity contribution >= 4 is 11.6 Å². The van der Waals surface area contributed by atoms with Crippen LogP contribution in [0.1, 0.15) is 22.5 Å². The number of likely N-dealkylation sites (tertiary alicyclic amines) is 1. The summed E-state index contributed by atoms with van der Waals surface area (Å²) in [5, 5.41) is 0. The van der Waals surface area contributed by atoms with Crippen LogP contribution in [0, 0.1) is 20.8 Å². The Bertz CT molecular complexity index is 950. The number of amides is 1. The molecule has 1 saturated heterocycles. The zero-order valence-corrected chi connectivity index (χ0v) is 15.4. The van der Waals surface area contributed by atoms with Crippen molar-refractivity contribution in [2.45, 2.75) is 33.3 Å². The van der Waals surface area contributed by atoms with E-state index in [1.165, 1.54) is 0 Å². The molecule has 0 saturated carbocycles. The van der Waals surface area contributed by atoms with E-state index < -0.39 is 0 Å². The SMILES string of the molecule is Cc1cccc(C)c1OC1CN(C(=O)Cc2c(C)nc3ccccn23)C1. The standard InChI is InChI=1S/C21H23N3O2/c1-14-7-6-8-15(2)21(14)26-17-12-23(13-17)20(25)11-18-16(3)22-19-9-4-5-10-24(18)19/h4-10,17H,11-13H2,1-3H3. The van der Waals surface area contributed by atoms with Gasteiger partial charge in [0.05, 0.1) is 30.9 Å². The zero-order chi connectivity index (χ0) is 18.3. The number of pyridine rings is 1. The molecule has 0 spiro atoms. The number of carbonyl (C=O) groups is 1. The molecule has 0 aliphatic carbocycles. The van der Waals surface area contributed by atoms with Crippen LogP contribution >= 0.6 is 0 Å².